The Labute approximate surface area is 139 Å². The Balaban J connectivity index is 2.09. The van der Waals surface area contributed by atoms with Crippen molar-refractivity contribution in [1.82, 2.24) is 10.2 Å². The van der Waals surface area contributed by atoms with E-state index in [0.717, 1.165) is 17.7 Å². The van der Waals surface area contributed by atoms with Crippen molar-refractivity contribution < 1.29 is 18.0 Å². The molecule has 0 spiro atoms. The number of rotatable bonds is 5. The van der Waals surface area contributed by atoms with E-state index in [1.807, 2.05) is 0 Å². The van der Waals surface area contributed by atoms with E-state index in [2.05, 4.69) is 11.4 Å². The van der Waals surface area contributed by atoms with Gasteiger partial charge in [-0.1, -0.05) is 30.3 Å². The summed E-state index contributed by atoms with van der Waals surface area (Å²) in [5, 5.41) is 11.9. The fourth-order valence-corrected chi connectivity index (χ4v) is 3.20. The zero-order valence-electron chi connectivity index (χ0n) is 13.4. The predicted octanol–water partition coefficient (Wildman–Crippen LogP) is 3.17. The Kier molecular flexibility index (Phi) is 5.50. The maximum Gasteiger partial charge on any atom is 0.408 e. The van der Waals surface area contributed by atoms with Gasteiger partial charge in [0.2, 0.25) is 5.91 Å². The van der Waals surface area contributed by atoms with Gasteiger partial charge in [-0.25, -0.2) is 0 Å². The second-order valence-electron chi connectivity index (χ2n) is 6.22. The third-order valence-corrected chi connectivity index (χ3v) is 4.31. The van der Waals surface area contributed by atoms with E-state index in [4.69, 9.17) is 0 Å². The van der Waals surface area contributed by atoms with Crippen molar-refractivity contribution in [2.24, 2.45) is 0 Å². The number of carbonyl (C=O) groups excluding carboxylic acids is 1. The number of hydrogen-bond donors (Lipinski definition) is 1. The number of nitrogens with zero attached hydrogens (tertiary/aromatic N) is 2. The molecule has 1 aromatic carbocycles. The summed E-state index contributed by atoms with van der Waals surface area (Å²) in [6.07, 6.45) is -1.75. The van der Waals surface area contributed by atoms with Crippen molar-refractivity contribution in [2.45, 2.75) is 43.4 Å². The normalized spacial score (nSPS) is 18.2. The van der Waals surface area contributed by atoms with Gasteiger partial charge in [-0.05, 0) is 38.3 Å². The van der Waals surface area contributed by atoms with Gasteiger partial charge in [-0.15, -0.1) is 0 Å². The highest BCUT2D eigenvalue weighted by molar-refractivity contribution is 5.79. The number of nitriles is 1. The molecule has 1 amide bonds. The number of likely N-dealkylation sites (N-methyl/N-ethyl adjacent to an activating group) is 1. The maximum absolute atomic E-state index is 13.4. The Morgan fingerprint density at radius 1 is 1.33 bits per heavy atom. The van der Waals surface area contributed by atoms with Crippen molar-refractivity contribution in [1.29, 1.82) is 5.26 Å². The van der Waals surface area contributed by atoms with Crippen LogP contribution in [0, 0.1) is 11.3 Å². The van der Waals surface area contributed by atoms with Gasteiger partial charge in [0.25, 0.3) is 0 Å². The van der Waals surface area contributed by atoms with E-state index in [1.165, 1.54) is 31.3 Å². The quantitative estimate of drug-likeness (QED) is 0.896. The molecule has 1 N–H and O–H groups in total. The Morgan fingerprint density at radius 2 is 1.92 bits per heavy atom. The molecule has 1 saturated carbocycles. The van der Waals surface area contributed by atoms with Crippen LogP contribution >= 0.6 is 0 Å². The summed E-state index contributed by atoms with van der Waals surface area (Å²) in [5.41, 5.74) is -0.852. The van der Waals surface area contributed by atoms with Crippen LogP contribution in [0.2, 0.25) is 0 Å². The van der Waals surface area contributed by atoms with Crippen LogP contribution in [0.3, 0.4) is 0 Å². The lowest BCUT2D eigenvalue weighted by Gasteiger charge is -2.31. The van der Waals surface area contributed by atoms with Crippen LogP contribution < -0.4 is 5.32 Å². The van der Waals surface area contributed by atoms with E-state index >= 15 is 0 Å². The number of hydrogen-bond acceptors (Lipinski definition) is 3. The lowest BCUT2D eigenvalue weighted by molar-refractivity contribution is -0.183. The molecule has 0 bridgehead atoms. The molecule has 1 aliphatic carbocycles. The highest BCUT2D eigenvalue weighted by Gasteiger charge is 2.44. The van der Waals surface area contributed by atoms with Crippen LogP contribution in [-0.2, 0) is 4.79 Å². The molecule has 0 saturated heterocycles. The molecule has 1 aromatic rings. The number of nitrogens with one attached hydrogen (secondary N) is 1. The third-order valence-electron chi connectivity index (χ3n) is 4.31. The molecule has 4 nitrogen and oxygen atoms in total. The van der Waals surface area contributed by atoms with Crippen LogP contribution in [0.25, 0.3) is 0 Å². The summed E-state index contributed by atoms with van der Waals surface area (Å²) >= 11 is 0. The zero-order chi connectivity index (χ0) is 17.8. The molecule has 24 heavy (non-hydrogen) atoms. The highest BCUT2D eigenvalue weighted by Crippen LogP contribution is 2.36. The summed E-state index contributed by atoms with van der Waals surface area (Å²) in [6.45, 7) is -0.428. The highest BCUT2D eigenvalue weighted by atomic mass is 19.4. The average Bonchev–Trinajstić information content (AvgIpc) is 2.95. The van der Waals surface area contributed by atoms with Gasteiger partial charge in [0, 0.05) is 0 Å². The number of benzene rings is 1. The second kappa shape index (κ2) is 7.22. The van der Waals surface area contributed by atoms with E-state index in [1.54, 1.807) is 6.07 Å². The predicted molar refractivity (Wildman–Crippen MR) is 82.8 cm³/mol. The van der Waals surface area contributed by atoms with Gasteiger partial charge >= 0.3 is 6.18 Å². The topological polar surface area (TPSA) is 56.1 Å². The average molecular weight is 339 g/mol. The Bertz CT molecular complexity index is 604. The first-order valence-electron chi connectivity index (χ1n) is 7.82. The molecule has 0 unspecified atom stereocenters. The van der Waals surface area contributed by atoms with Crippen LogP contribution in [0.4, 0.5) is 13.2 Å². The second-order valence-corrected chi connectivity index (χ2v) is 6.22. The lowest BCUT2D eigenvalue weighted by atomic mass is 10.00. The van der Waals surface area contributed by atoms with E-state index in [0.29, 0.717) is 12.8 Å². The van der Waals surface area contributed by atoms with Crippen LogP contribution in [0.5, 0.6) is 0 Å². The maximum atomic E-state index is 13.4. The van der Waals surface area contributed by atoms with Gasteiger partial charge in [0.05, 0.1) is 12.6 Å². The molecule has 1 aliphatic rings. The van der Waals surface area contributed by atoms with Gasteiger partial charge in [0.1, 0.15) is 11.6 Å². The summed E-state index contributed by atoms with van der Waals surface area (Å²) in [7, 11) is 1.26. The molecular formula is C17H20F3N3O. The molecule has 0 aliphatic heterocycles. The molecule has 0 heterocycles. The molecule has 7 heteroatoms. The monoisotopic (exact) mass is 339 g/mol. The zero-order valence-corrected chi connectivity index (χ0v) is 13.4. The fourth-order valence-electron chi connectivity index (χ4n) is 3.20. The lowest BCUT2D eigenvalue weighted by Crippen LogP contribution is -2.50. The number of amides is 1. The first kappa shape index (κ1) is 18.3. The molecular weight excluding hydrogens is 319 g/mol. The summed E-state index contributed by atoms with van der Waals surface area (Å²) < 4.78 is 40.3. The Morgan fingerprint density at radius 3 is 2.42 bits per heavy atom. The van der Waals surface area contributed by atoms with Gasteiger partial charge in [-0.2, -0.15) is 18.4 Å². The van der Waals surface area contributed by atoms with Crippen molar-refractivity contribution >= 4 is 5.91 Å². The summed E-state index contributed by atoms with van der Waals surface area (Å²) in [4.78, 5) is 13.1. The summed E-state index contributed by atoms with van der Waals surface area (Å²) in [6, 6.07) is 7.71. The van der Waals surface area contributed by atoms with Crippen molar-refractivity contribution in [2.75, 3.05) is 13.6 Å². The van der Waals surface area contributed by atoms with E-state index in [9.17, 15) is 23.2 Å². The molecule has 1 atom stereocenters. The largest absolute Gasteiger partial charge is 0.408 e. The molecule has 0 aromatic heterocycles. The standard InChI is InChI=1S/C17H20F3N3O/c1-23(11-14(24)22-16(12-21)9-5-6-10-16)15(17(18,19)20)13-7-3-2-4-8-13/h2-4,7-8,15H,5-6,9-11H2,1H3,(H,22,24)/t15-/m1/s1. The molecule has 1 fully saturated rings. The van der Waals surface area contributed by atoms with E-state index < -0.39 is 30.2 Å². The molecule has 130 valence electrons. The minimum atomic E-state index is -4.50. The van der Waals surface area contributed by atoms with Crippen molar-refractivity contribution in [3.63, 3.8) is 0 Å². The van der Waals surface area contributed by atoms with Gasteiger partial charge in [-0.3, -0.25) is 9.69 Å². The SMILES string of the molecule is CN(CC(=O)NC1(C#N)CCCC1)[C@H](c1ccccc1)C(F)(F)F. The first-order chi connectivity index (χ1) is 11.3. The third kappa shape index (κ3) is 4.26. The van der Waals surface area contributed by atoms with E-state index in [-0.39, 0.29) is 5.56 Å². The van der Waals surface area contributed by atoms with Crippen LogP contribution in [0.1, 0.15) is 37.3 Å². The Hall–Kier alpha value is -2.07. The number of carbonyl (C=O) groups is 1. The molecule has 2 rings (SSSR count). The first-order valence-corrected chi connectivity index (χ1v) is 7.82. The number of alkyl halides is 3. The van der Waals surface area contributed by atoms with Gasteiger partial charge in [0.15, 0.2) is 0 Å². The van der Waals surface area contributed by atoms with Gasteiger partial charge < -0.3 is 5.32 Å². The van der Waals surface area contributed by atoms with Crippen molar-refractivity contribution in [3.8, 4) is 6.07 Å². The van der Waals surface area contributed by atoms with Crippen molar-refractivity contribution in [3.05, 3.63) is 35.9 Å². The number of halogens is 3. The van der Waals surface area contributed by atoms with Crippen LogP contribution in [0.15, 0.2) is 30.3 Å². The minimum absolute atomic E-state index is 0.0798. The fraction of sp³-hybridized carbons (Fsp3) is 0.529. The molecule has 0 radical (unpaired) electrons. The minimum Gasteiger partial charge on any atom is -0.337 e. The summed E-state index contributed by atoms with van der Waals surface area (Å²) in [5.74, 6) is -0.564. The smallest absolute Gasteiger partial charge is 0.337 e. The van der Waals surface area contributed by atoms with Crippen LogP contribution in [-0.4, -0.2) is 36.1 Å².